The molecule has 1 aromatic carbocycles. The maximum Gasteiger partial charge on any atom is 0.224 e. The van der Waals surface area contributed by atoms with Crippen molar-refractivity contribution in [3.8, 4) is 17.0 Å². The summed E-state index contributed by atoms with van der Waals surface area (Å²) in [6.45, 7) is 0.883. The SMILES string of the molecule is O=C(CCCOc1ccc2c(c1)CCC(=O)N2)NCc1nc(-c2ccncc2)cs1. The summed E-state index contributed by atoms with van der Waals surface area (Å²) in [5.41, 5.74) is 3.84. The zero-order valence-electron chi connectivity index (χ0n) is 16.4. The summed E-state index contributed by atoms with van der Waals surface area (Å²) in [5, 5.41) is 8.61. The van der Waals surface area contributed by atoms with Gasteiger partial charge in [-0.15, -0.1) is 11.3 Å². The molecule has 2 N–H and O–H groups in total. The van der Waals surface area contributed by atoms with E-state index in [0.29, 0.717) is 32.4 Å². The van der Waals surface area contributed by atoms with Crippen LogP contribution in [0.4, 0.5) is 5.69 Å². The van der Waals surface area contributed by atoms with Crippen molar-refractivity contribution in [1.29, 1.82) is 0 Å². The highest BCUT2D eigenvalue weighted by atomic mass is 32.1. The Morgan fingerprint density at radius 1 is 1.20 bits per heavy atom. The van der Waals surface area contributed by atoms with Crippen molar-refractivity contribution in [2.75, 3.05) is 11.9 Å². The van der Waals surface area contributed by atoms with Crippen molar-refractivity contribution in [3.05, 3.63) is 58.7 Å². The third kappa shape index (κ3) is 5.21. The molecule has 0 saturated heterocycles. The summed E-state index contributed by atoms with van der Waals surface area (Å²) < 4.78 is 5.76. The second-order valence-electron chi connectivity index (χ2n) is 6.96. The topological polar surface area (TPSA) is 93.2 Å². The number of nitrogens with zero attached hydrogens (tertiary/aromatic N) is 2. The number of rotatable bonds is 8. The third-order valence-corrected chi connectivity index (χ3v) is 5.60. The molecule has 0 aliphatic carbocycles. The summed E-state index contributed by atoms with van der Waals surface area (Å²) >= 11 is 1.53. The van der Waals surface area contributed by atoms with Gasteiger partial charge in [0.1, 0.15) is 10.8 Å². The number of carbonyl (C=O) groups excluding carboxylic acids is 2. The van der Waals surface area contributed by atoms with Crippen LogP contribution in [0.2, 0.25) is 0 Å². The van der Waals surface area contributed by atoms with Gasteiger partial charge in [0.05, 0.1) is 18.8 Å². The van der Waals surface area contributed by atoms with Crippen molar-refractivity contribution in [1.82, 2.24) is 15.3 Å². The number of hydrogen-bond donors (Lipinski definition) is 2. The molecule has 154 valence electrons. The zero-order valence-corrected chi connectivity index (χ0v) is 17.2. The molecule has 3 heterocycles. The molecule has 0 fully saturated rings. The molecule has 4 rings (SSSR count). The summed E-state index contributed by atoms with van der Waals surface area (Å²) in [6.07, 6.45) is 5.71. The van der Waals surface area contributed by atoms with E-state index in [9.17, 15) is 9.59 Å². The molecule has 3 aromatic rings. The van der Waals surface area contributed by atoms with Gasteiger partial charge in [-0.3, -0.25) is 14.6 Å². The van der Waals surface area contributed by atoms with Crippen molar-refractivity contribution in [3.63, 3.8) is 0 Å². The van der Waals surface area contributed by atoms with Gasteiger partial charge in [0.15, 0.2) is 0 Å². The molecule has 0 bridgehead atoms. The number of pyridine rings is 1. The largest absolute Gasteiger partial charge is 0.494 e. The zero-order chi connectivity index (χ0) is 20.8. The van der Waals surface area contributed by atoms with E-state index in [4.69, 9.17) is 4.74 Å². The Hall–Kier alpha value is -3.26. The fraction of sp³-hybridized carbons (Fsp3) is 0.273. The highest BCUT2D eigenvalue weighted by molar-refractivity contribution is 7.09. The Balaban J connectivity index is 1.17. The van der Waals surface area contributed by atoms with Crippen LogP contribution >= 0.6 is 11.3 Å². The van der Waals surface area contributed by atoms with Crippen LogP contribution in [0.25, 0.3) is 11.3 Å². The number of carbonyl (C=O) groups is 2. The first-order valence-electron chi connectivity index (χ1n) is 9.84. The summed E-state index contributed by atoms with van der Waals surface area (Å²) in [5.74, 6) is 0.790. The van der Waals surface area contributed by atoms with Gasteiger partial charge < -0.3 is 15.4 Å². The summed E-state index contributed by atoms with van der Waals surface area (Å²) in [6, 6.07) is 9.49. The lowest BCUT2D eigenvalue weighted by Gasteiger charge is -2.17. The number of anilines is 1. The summed E-state index contributed by atoms with van der Waals surface area (Å²) in [4.78, 5) is 32.1. The minimum absolute atomic E-state index is 0.0209. The van der Waals surface area contributed by atoms with Gasteiger partial charge in [-0.2, -0.15) is 0 Å². The lowest BCUT2D eigenvalue weighted by Crippen LogP contribution is -2.23. The van der Waals surface area contributed by atoms with Crippen molar-refractivity contribution >= 4 is 28.8 Å². The van der Waals surface area contributed by atoms with Crippen LogP contribution in [-0.4, -0.2) is 28.4 Å². The van der Waals surface area contributed by atoms with Crippen LogP contribution < -0.4 is 15.4 Å². The predicted molar refractivity (Wildman–Crippen MR) is 115 cm³/mol. The summed E-state index contributed by atoms with van der Waals surface area (Å²) in [7, 11) is 0. The molecule has 0 atom stereocenters. The van der Waals surface area contributed by atoms with E-state index in [1.165, 1.54) is 11.3 Å². The first-order valence-corrected chi connectivity index (χ1v) is 10.7. The van der Waals surface area contributed by atoms with E-state index in [2.05, 4.69) is 20.6 Å². The first-order chi connectivity index (χ1) is 14.7. The average Bonchev–Trinajstić information content (AvgIpc) is 3.25. The third-order valence-electron chi connectivity index (χ3n) is 4.75. The van der Waals surface area contributed by atoms with Crippen LogP contribution in [0.3, 0.4) is 0 Å². The smallest absolute Gasteiger partial charge is 0.224 e. The second-order valence-corrected chi connectivity index (χ2v) is 7.90. The van der Waals surface area contributed by atoms with E-state index in [0.717, 1.165) is 39.7 Å². The standard InChI is InChI=1S/C22H22N4O3S/c27-20(24-13-22-26-19(14-30-22)15-7-9-23-10-8-15)2-1-11-29-17-4-5-18-16(12-17)3-6-21(28)25-18/h4-5,7-10,12,14H,1-3,6,11,13H2,(H,24,27)(H,25,28). The van der Waals surface area contributed by atoms with E-state index >= 15 is 0 Å². The van der Waals surface area contributed by atoms with Gasteiger partial charge in [0.2, 0.25) is 11.8 Å². The van der Waals surface area contributed by atoms with Crippen molar-refractivity contribution in [2.24, 2.45) is 0 Å². The van der Waals surface area contributed by atoms with Crippen LogP contribution in [0.5, 0.6) is 5.75 Å². The molecule has 1 aliphatic heterocycles. The number of fused-ring (bicyclic) bond motifs is 1. The van der Waals surface area contributed by atoms with Gasteiger partial charge in [0, 0.05) is 41.9 Å². The predicted octanol–water partition coefficient (Wildman–Crippen LogP) is 3.57. The fourth-order valence-electron chi connectivity index (χ4n) is 3.18. The van der Waals surface area contributed by atoms with Gasteiger partial charge in [-0.05, 0) is 48.7 Å². The first kappa shape index (κ1) is 20.0. The molecular formula is C22H22N4O3S. The number of benzene rings is 1. The highest BCUT2D eigenvalue weighted by Gasteiger charge is 2.15. The normalized spacial score (nSPS) is 12.7. The quantitative estimate of drug-likeness (QED) is 0.542. The lowest BCUT2D eigenvalue weighted by atomic mass is 10.0. The average molecular weight is 423 g/mol. The minimum Gasteiger partial charge on any atom is -0.494 e. The van der Waals surface area contributed by atoms with Crippen molar-refractivity contribution in [2.45, 2.75) is 32.2 Å². The Labute approximate surface area is 178 Å². The second kappa shape index (κ2) is 9.49. The van der Waals surface area contributed by atoms with Crippen LogP contribution in [0, 0.1) is 0 Å². The van der Waals surface area contributed by atoms with E-state index in [-0.39, 0.29) is 11.8 Å². The van der Waals surface area contributed by atoms with Crippen molar-refractivity contribution < 1.29 is 14.3 Å². The Morgan fingerprint density at radius 2 is 2.07 bits per heavy atom. The molecule has 8 heteroatoms. The number of aryl methyl sites for hydroxylation is 1. The van der Waals surface area contributed by atoms with Crippen LogP contribution in [-0.2, 0) is 22.6 Å². The van der Waals surface area contributed by atoms with E-state index < -0.39 is 0 Å². The lowest BCUT2D eigenvalue weighted by molar-refractivity contribution is -0.121. The molecule has 7 nitrogen and oxygen atoms in total. The minimum atomic E-state index is -0.0209. The van der Waals surface area contributed by atoms with Crippen LogP contribution in [0.1, 0.15) is 29.8 Å². The van der Waals surface area contributed by atoms with Gasteiger partial charge in [-0.25, -0.2) is 4.98 Å². The number of thiazole rings is 1. The number of nitrogens with one attached hydrogen (secondary N) is 2. The van der Waals surface area contributed by atoms with Crippen LogP contribution in [0.15, 0.2) is 48.1 Å². The maximum atomic E-state index is 12.1. The number of aromatic nitrogens is 2. The highest BCUT2D eigenvalue weighted by Crippen LogP contribution is 2.27. The molecule has 0 radical (unpaired) electrons. The Kier molecular flexibility index (Phi) is 6.34. The molecule has 1 aliphatic rings. The molecule has 0 spiro atoms. The van der Waals surface area contributed by atoms with E-state index in [1.807, 2.05) is 35.7 Å². The Morgan fingerprint density at radius 3 is 2.93 bits per heavy atom. The number of ether oxygens (including phenoxy) is 1. The van der Waals surface area contributed by atoms with Gasteiger partial charge in [-0.1, -0.05) is 0 Å². The molecule has 2 amide bonds. The van der Waals surface area contributed by atoms with E-state index in [1.54, 1.807) is 12.4 Å². The van der Waals surface area contributed by atoms with Gasteiger partial charge >= 0.3 is 0 Å². The molecule has 0 saturated carbocycles. The molecule has 30 heavy (non-hydrogen) atoms. The maximum absolute atomic E-state index is 12.1. The fourth-order valence-corrected chi connectivity index (χ4v) is 3.93. The number of amides is 2. The molecule has 2 aromatic heterocycles. The molecular weight excluding hydrogens is 400 g/mol. The number of hydrogen-bond acceptors (Lipinski definition) is 6. The monoisotopic (exact) mass is 422 g/mol. The Bertz CT molecular complexity index is 1040. The molecule has 0 unspecified atom stereocenters. The van der Waals surface area contributed by atoms with Gasteiger partial charge in [0.25, 0.3) is 0 Å².